The van der Waals surface area contributed by atoms with Crippen LogP contribution in [0.15, 0.2) is 0 Å². The number of hydrogen-bond acceptors (Lipinski definition) is 0. The third-order valence-corrected chi connectivity index (χ3v) is 6.62. The van der Waals surface area contributed by atoms with Crippen molar-refractivity contribution in [1.29, 1.82) is 0 Å². The van der Waals surface area contributed by atoms with Crippen LogP contribution in [-0.4, -0.2) is 7.85 Å². The van der Waals surface area contributed by atoms with Crippen molar-refractivity contribution in [1.82, 2.24) is 0 Å². The van der Waals surface area contributed by atoms with Crippen molar-refractivity contribution >= 4 is 7.85 Å². The van der Waals surface area contributed by atoms with Gasteiger partial charge in [-0.3, -0.25) is 0 Å². The van der Waals surface area contributed by atoms with Gasteiger partial charge in [-0.1, -0.05) is 63.6 Å². The van der Waals surface area contributed by atoms with Gasteiger partial charge in [-0.2, -0.15) is 0 Å². The van der Waals surface area contributed by atoms with Gasteiger partial charge < -0.3 is 0 Å². The Labute approximate surface area is 121 Å². The maximum Gasteiger partial charge on any atom is 0.0699 e. The molecular formula is C18H31B. The Morgan fingerprint density at radius 1 is 0.421 bits per heavy atom. The van der Waals surface area contributed by atoms with Gasteiger partial charge >= 0.3 is 0 Å². The fourth-order valence-corrected chi connectivity index (χ4v) is 5.31. The van der Waals surface area contributed by atoms with Crippen molar-refractivity contribution in [3.8, 4) is 0 Å². The van der Waals surface area contributed by atoms with Crippen LogP contribution in [0.25, 0.3) is 0 Å². The number of rotatable bonds is 2. The molecule has 0 aromatic carbocycles. The molecule has 2 radical (unpaired) electrons. The number of hydrogen-bond donors (Lipinski definition) is 0. The summed E-state index contributed by atoms with van der Waals surface area (Å²) in [6, 6.07) is 0. The summed E-state index contributed by atoms with van der Waals surface area (Å²) in [5.41, 5.74) is 0. The van der Waals surface area contributed by atoms with Crippen LogP contribution < -0.4 is 0 Å². The zero-order valence-electron chi connectivity index (χ0n) is 12.7. The van der Waals surface area contributed by atoms with E-state index in [1.165, 1.54) is 44.9 Å². The minimum Gasteiger partial charge on any atom is -0.0774 e. The topological polar surface area (TPSA) is 0 Å². The molecule has 106 valence electrons. The average molecular weight is 258 g/mol. The second-order valence-electron chi connectivity index (χ2n) is 7.75. The molecule has 19 heavy (non-hydrogen) atoms. The van der Waals surface area contributed by atoms with E-state index in [1.54, 1.807) is 38.5 Å². The summed E-state index contributed by atoms with van der Waals surface area (Å²) < 4.78 is 0. The molecule has 3 rings (SSSR count). The van der Waals surface area contributed by atoms with Gasteiger partial charge in [0.2, 0.25) is 0 Å². The van der Waals surface area contributed by atoms with Crippen LogP contribution in [-0.2, 0) is 0 Å². The Hall–Kier alpha value is 0.0649. The van der Waals surface area contributed by atoms with E-state index in [1.807, 2.05) is 0 Å². The lowest BCUT2D eigenvalue weighted by molar-refractivity contribution is 0.123. The van der Waals surface area contributed by atoms with Crippen LogP contribution in [0.2, 0.25) is 5.82 Å². The van der Waals surface area contributed by atoms with E-state index in [0.717, 1.165) is 23.7 Å². The van der Waals surface area contributed by atoms with E-state index in [4.69, 9.17) is 7.85 Å². The van der Waals surface area contributed by atoms with Crippen molar-refractivity contribution in [3.05, 3.63) is 0 Å². The van der Waals surface area contributed by atoms with E-state index in [0.29, 0.717) is 5.82 Å². The molecule has 0 aromatic heterocycles. The maximum absolute atomic E-state index is 6.05. The van der Waals surface area contributed by atoms with Gasteiger partial charge in [0.1, 0.15) is 0 Å². The molecule has 0 aromatic rings. The molecule has 0 saturated heterocycles. The molecule has 3 saturated carbocycles. The molecule has 0 heterocycles. The zero-order chi connectivity index (χ0) is 13.1. The van der Waals surface area contributed by atoms with Gasteiger partial charge in [-0.15, -0.1) is 0 Å². The highest BCUT2D eigenvalue weighted by atomic mass is 14.4. The normalized spacial score (nSPS) is 42.1. The maximum atomic E-state index is 6.05. The Kier molecular flexibility index (Phi) is 4.93. The second kappa shape index (κ2) is 6.68. The predicted molar refractivity (Wildman–Crippen MR) is 83.5 cm³/mol. The molecule has 3 aliphatic rings. The van der Waals surface area contributed by atoms with Gasteiger partial charge in [0.15, 0.2) is 0 Å². The van der Waals surface area contributed by atoms with Crippen LogP contribution in [0.5, 0.6) is 0 Å². The van der Waals surface area contributed by atoms with Crippen molar-refractivity contribution in [2.24, 2.45) is 23.7 Å². The minimum absolute atomic E-state index is 0.523. The smallest absolute Gasteiger partial charge is 0.0699 e. The molecule has 0 atom stereocenters. The Morgan fingerprint density at radius 2 is 0.789 bits per heavy atom. The summed E-state index contributed by atoms with van der Waals surface area (Å²) >= 11 is 0. The Balaban J connectivity index is 1.44. The van der Waals surface area contributed by atoms with Gasteiger partial charge in [0.05, 0.1) is 7.85 Å². The highest BCUT2D eigenvalue weighted by Gasteiger charge is 2.32. The standard InChI is InChI=1S/C18H31B/c19-18-12-10-17(11-13-18)16-8-6-15(7-9-16)14-4-2-1-3-5-14/h14-18H,1-13H2. The largest absolute Gasteiger partial charge is 0.0774 e. The van der Waals surface area contributed by atoms with Gasteiger partial charge in [0.25, 0.3) is 0 Å². The molecule has 0 aliphatic heterocycles. The summed E-state index contributed by atoms with van der Waals surface area (Å²) in [5, 5.41) is 0. The fourth-order valence-electron chi connectivity index (χ4n) is 5.31. The van der Waals surface area contributed by atoms with Crippen LogP contribution in [0.4, 0.5) is 0 Å². The summed E-state index contributed by atoms with van der Waals surface area (Å²) in [6.07, 6.45) is 19.3. The first kappa shape index (κ1) is 14.0. The molecule has 0 bridgehead atoms. The Bertz CT molecular complexity index is 253. The van der Waals surface area contributed by atoms with Crippen molar-refractivity contribution in [3.63, 3.8) is 0 Å². The third kappa shape index (κ3) is 3.58. The van der Waals surface area contributed by atoms with E-state index >= 15 is 0 Å². The summed E-state index contributed by atoms with van der Waals surface area (Å²) in [5.74, 6) is 4.83. The van der Waals surface area contributed by atoms with E-state index in [9.17, 15) is 0 Å². The lowest BCUT2D eigenvalue weighted by atomic mass is 9.63. The molecule has 0 nitrogen and oxygen atoms in total. The molecule has 1 heteroatoms. The first-order valence-corrected chi connectivity index (χ1v) is 9.08. The first-order valence-electron chi connectivity index (χ1n) is 9.08. The SMILES string of the molecule is [B]C1CCC(C2CCC(C3CCCCC3)CC2)CC1. The minimum atomic E-state index is 0.523. The van der Waals surface area contributed by atoms with E-state index < -0.39 is 0 Å². The molecule has 3 aliphatic carbocycles. The molecule has 0 unspecified atom stereocenters. The molecule has 0 amide bonds. The van der Waals surface area contributed by atoms with Crippen molar-refractivity contribution in [2.75, 3.05) is 0 Å². The van der Waals surface area contributed by atoms with Gasteiger partial charge in [-0.05, 0) is 49.4 Å². The van der Waals surface area contributed by atoms with Crippen molar-refractivity contribution in [2.45, 2.75) is 89.3 Å². The molecule has 0 N–H and O–H groups in total. The third-order valence-electron chi connectivity index (χ3n) is 6.62. The fraction of sp³-hybridized carbons (Fsp3) is 1.00. The quantitative estimate of drug-likeness (QED) is 0.572. The van der Waals surface area contributed by atoms with Gasteiger partial charge in [-0.25, -0.2) is 0 Å². The van der Waals surface area contributed by atoms with Crippen molar-refractivity contribution < 1.29 is 0 Å². The molecule has 0 spiro atoms. The lowest BCUT2D eigenvalue weighted by Crippen LogP contribution is -2.28. The zero-order valence-corrected chi connectivity index (χ0v) is 12.7. The monoisotopic (exact) mass is 258 g/mol. The van der Waals surface area contributed by atoms with Crippen LogP contribution >= 0.6 is 0 Å². The van der Waals surface area contributed by atoms with Crippen LogP contribution in [0, 0.1) is 23.7 Å². The highest BCUT2D eigenvalue weighted by molar-refractivity contribution is 6.11. The van der Waals surface area contributed by atoms with Gasteiger partial charge in [0, 0.05) is 0 Å². The molecule has 3 fully saturated rings. The van der Waals surface area contributed by atoms with Crippen LogP contribution in [0.3, 0.4) is 0 Å². The van der Waals surface area contributed by atoms with E-state index in [-0.39, 0.29) is 0 Å². The lowest BCUT2D eigenvalue weighted by Gasteiger charge is -2.40. The Morgan fingerprint density at radius 3 is 1.26 bits per heavy atom. The summed E-state index contributed by atoms with van der Waals surface area (Å²) in [7, 11) is 6.05. The summed E-state index contributed by atoms with van der Waals surface area (Å²) in [4.78, 5) is 0. The average Bonchev–Trinajstić information content (AvgIpc) is 2.49. The van der Waals surface area contributed by atoms with Crippen LogP contribution in [0.1, 0.15) is 83.5 Å². The van der Waals surface area contributed by atoms with E-state index in [2.05, 4.69) is 0 Å². The predicted octanol–water partition coefficient (Wildman–Crippen LogP) is 5.52. The highest BCUT2D eigenvalue weighted by Crippen LogP contribution is 2.45. The first-order chi connectivity index (χ1) is 9.33. The summed E-state index contributed by atoms with van der Waals surface area (Å²) in [6.45, 7) is 0. The second-order valence-corrected chi connectivity index (χ2v) is 7.75. The molecular weight excluding hydrogens is 227 g/mol.